The highest BCUT2D eigenvalue weighted by Crippen LogP contribution is 2.29. The highest BCUT2D eigenvalue weighted by molar-refractivity contribution is 5.78. The van der Waals surface area contributed by atoms with E-state index in [0.29, 0.717) is 12.8 Å². The summed E-state index contributed by atoms with van der Waals surface area (Å²) in [4.78, 5) is 38.4. The Morgan fingerprint density at radius 3 is 1.14 bits per heavy atom. The van der Waals surface area contributed by atoms with Crippen LogP contribution >= 0.6 is 0 Å². The lowest BCUT2D eigenvalue weighted by Gasteiger charge is -2.18. The first-order valence-corrected chi connectivity index (χ1v) is 27.6. The number of hydrogen-bond acceptors (Lipinski definition) is 7. The fourth-order valence-corrected chi connectivity index (χ4v) is 8.19. The van der Waals surface area contributed by atoms with E-state index in [1.54, 1.807) is 0 Å². The molecule has 3 atom stereocenters. The van der Waals surface area contributed by atoms with Gasteiger partial charge in [0.2, 0.25) is 0 Å². The standard InChI is InChI=1S/C57H102O7/c1-4-7-10-13-16-19-22-25-27-30-33-36-39-42-45-48-54(58)61-50-52(63-55(59)49-46-43-40-37-34-31-28-26-23-20-17-14-11-8-5-2)51-62-57(60)56-53(64-56)47-44-41-38-35-32-29-24-21-18-15-12-9-6-3/h25-29,32,52-53,56H,4-24,30-31,33-51H2,1-3H3/b27-25-,28-26-,32-29-. The number of ether oxygens (including phenoxy) is 4. The predicted molar refractivity (Wildman–Crippen MR) is 270 cm³/mol. The van der Waals surface area contributed by atoms with Crippen LogP contribution in [0, 0.1) is 0 Å². The van der Waals surface area contributed by atoms with E-state index in [-0.39, 0.29) is 31.3 Å². The molecule has 0 amide bonds. The Morgan fingerprint density at radius 1 is 0.406 bits per heavy atom. The number of rotatable bonds is 49. The molecule has 7 heteroatoms. The van der Waals surface area contributed by atoms with Crippen molar-refractivity contribution >= 4 is 17.9 Å². The third kappa shape index (κ3) is 41.1. The average molecular weight is 899 g/mol. The minimum absolute atomic E-state index is 0.109. The minimum Gasteiger partial charge on any atom is -0.462 e. The van der Waals surface area contributed by atoms with Gasteiger partial charge in [-0.15, -0.1) is 0 Å². The monoisotopic (exact) mass is 899 g/mol. The SMILES string of the molecule is CCCCCCCC/C=C\CCCCCCCC(=O)OCC(COC(=O)C1OC1CCCCC/C=C\CCCCCCCC)OC(=O)CCCCCCC/C=C\CCCCCCCC. The molecule has 0 spiro atoms. The van der Waals surface area contributed by atoms with Crippen molar-refractivity contribution in [2.75, 3.05) is 13.2 Å². The summed E-state index contributed by atoms with van der Waals surface area (Å²) in [6.07, 6.45) is 58.6. The molecule has 1 saturated heterocycles. The summed E-state index contributed by atoms with van der Waals surface area (Å²) >= 11 is 0. The van der Waals surface area contributed by atoms with Gasteiger partial charge in [-0.25, -0.2) is 4.79 Å². The predicted octanol–water partition coefficient (Wildman–Crippen LogP) is 17.1. The van der Waals surface area contributed by atoms with Crippen LogP contribution in [0.25, 0.3) is 0 Å². The lowest BCUT2D eigenvalue weighted by Crippen LogP contribution is -2.31. The zero-order valence-corrected chi connectivity index (χ0v) is 42.3. The van der Waals surface area contributed by atoms with E-state index in [9.17, 15) is 14.4 Å². The lowest BCUT2D eigenvalue weighted by atomic mass is 10.1. The Morgan fingerprint density at radius 2 is 0.734 bits per heavy atom. The highest BCUT2D eigenvalue weighted by Gasteiger charge is 2.45. The number of allylic oxidation sites excluding steroid dienone is 6. The smallest absolute Gasteiger partial charge is 0.338 e. The van der Waals surface area contributed by atoms with Gasteiger partial charge in [0.05, 0.1) is 6.10 Å². The summed E-state index contributed by atoms with van der Waals surface area (Å²) in [6, 6.07) is 0. The van der Waals surface area contributed by atoms with Crippen molar-refractivity contribution in [3.8, 4) is 0 Å². The average Bonchev–Trinajstić information content (AvgIpc) is 4.08. The van der Waals surface area contributed by atoms with E-state index >= 15 is 0 Å². The van der Waals surface area contributed by atoms with Crippen LogP contribution in [0.15, 0.2) is 36.5 Å². The summed E-state index contributed by atoms with van der Waals surface area (Å²) in [6.45, 7) is 6.52. The van der Waals surface area contributed by atoms with Crippen LogP contribution in [0.5, 0.6) is 0 Å². The van der Waals surface area contributed by atoms with E-state index in [1.807, 2.05) is 0 Å². The molecule has 0 aliphatic carbocycles. The fraction of sp³-hybridized carbons (Fsp3) is 0.842. The largest absolute Gasteiger partial charge is 0.462 e. The Bertz CT molecular complexity index is 1140. The third-order valence-electron chi connectivity index (χ3n) is 12.5. The van der Waals surface area contributed by atoms with Gasteiger partial charge < -0.3 is 18.9 Å². The molecule has 3 unspecified atom stereocenters. The van der Waals surface area contributed by atoms with Crippen LogP contribution < -0.4 is 0 Å². The summed E-state index contributed by atoms with van der Waals surface area (Å²) in [5, 5.41) is 0. The van der Waals surface area contributed by atoms with Gasteiger partial charge in [-0.05, 0) is 96.3 Å². The van der Waals surface area contributed by atoms with Crippen LogP contribution in [-0.2, 0) is 33.3 Å². The van der Waals surface area contributed by atoms with Gasteiger partial charge in [-0.1, -0.05) is 205 Å². The van der Waals surface area contributed by atoms with Crippen molar-refractivity contribution in [1.29, 1.82) is 0 Å². The molecule has 7 nitrogen and oxygen atoms in total. The molecule has 0 aromatic heterocycles. The first-order valence-electron chi connectivity index (χ1n) is 27.6. The molecular formula is C57H102O7. The second-order valence-electron chi connectivity index (χ2n) is 18.9. The van der Waals surface area contributed by atoms with Gasteiger partial charge in [-0.3, -0.25) is 9.59 Å². The molecule has 0 N–H and O–H groups in total. The molecule has 1 aliphatic heterocycles. The number of unbranched alkanes of at least 4 members (excludes halogenated alkanes) is 31. The molecule has 372 valence electrons. The summed E-state index contributed by atoms with van der Waals surface area (Å²) < 4.78 is 22.5. The molecule has 1 heterocycles. The van der Waals surface area contributed by atoms with E-state index in [0.717, 1.165) is 89.9 Å². The molecule has 64 heavy (non-hydrogen) atoms. The Labute approximate surface area is 395 Å². The molecular weight excluding hydrogens is 797 g/mol. The van der Waals surface area contributed by atoms with Gasteiger partial charge in [-0.2, -0.15) is 0 Å². The zero-order chi connectivity index (χ0) is 46.2. The van der Waals surface area contributed by atoms with Crippen molar-refractivity contribution in [2.45, 2.75) is 296 Å². The summed E-state index contributed by atoms with van der Waals surface area (Å²) in [5.41, 5.74) is 0. The van der Waals surface area contributed by atoms with Gasteiger partial charge in [0, 0.05) is 12.8 Å². The first-order chi connectivity index (χ1) is 31.5. The van der Waals surface area contributed by atoms with Crippen molar-refractivity contribution in [1.82, 2.24) is 0 Å². The molecule has 0 radical (unpaired) electrons. The van der Waals surface area contributed by atoms with Crippen LogP contribution in [0.1, 0.15) is 278 Å². The molecule has 0 bridgehead atoms. The maximum Gasteiger partial charge on any atom is 0.338 e. The van der Waals surface area contributed by atoms with E-state index in [4.69, 9.17) is 18.9 Å². The van der Waals surface area contributed by atoms with Crippen LogP contribution in [-0.4, -0.2) is 49.4 Å². The van der Waals surface area contributed by atoms with Gasteiger partial charge in [0.25, 0.3) is 0 Å². The number of carbonyl (C=O) groups is 3. The van der Waals surface area contributed by atoms with Crippen molar-refractivity contribution in [3.63, 3.8) is 0 Å². The van der Waals surface area contributed by atoms with Crippen LogP contribution in [0.4, 0.5) is 0 Å². The Hall–Kier alpha value is -2.41. The summed E-state index contributed by atoms with van der Waals surface area (Å²) in [5.74, 6) is -1.08. The molecule has 0 aromatic carbocycles. The van der Waals surface area contributed by atoms with E-state index in [2.05, 4.69) is 57.2 Å². The van der Waals surface area contributed by atoms with Crippen LogP contribution in [0.3, 0.4) is 0 Å². The first kappa shape index (κ1) is 59.6. The third-order valence-corrected chi connectivity index (χ3v) is 12.5. The zero-order valence-electron chi connectivity index (χ0n) is 42.3. The van der Waals surface area contributed by atoms with Crippen LogP contribution in [0.2, 0.25) is 0 Å². The lowest BCUT2D eigenvalue weighted by molar-refractivity contribution is -0.167. The number of hydrogen-bond donors (Lipinski definition) is 0. The highest BCUT2D eigenvalue weighted by atomic mass is 16.6. The topological polar surface area (TPSA) is 91.4 Å². The van der Waals surface area contributed by atoms with Gasteiger partial charge in [0.15, 0.2) is 12.2 Å². The molecule has 1 fully saturated rings. The summed E-state index contributed by atoms with van der Waals surface area (Å²) in [7, 11) is 0. The number of carbonyl (C=O) groups excluding carboxylic acids is 3. The number of esters is 3. The molecule has 1 aliphatic rings. The molecule has 0 saturated carbocycles. The van der Waals surface area contributed by atoms with Crippen molar-refractivity contribution in [2.24, 2.45) is 0 Å². The second kappa shape index (κ2) is 47.1. The fourth-order valence-electron chi connectivity index (χ4n) is 8.19. The van der Waals surface area contributed by atoms with Crippen molar-refractivity contribution < 1.29 is 33.3 Å². The van der Waals surface area contributed by atoms with E-state index < -0.39 is 18.2 Å². The maximum absolute atomic E-state index is 12.9. The normalized spacial score (nSPS) is 15.4. The molecule has 1 rings (SSSR count). The van der Waals surface area contributed by atoms with Gasteiger partial charge in [0.1, 0.15) is 13.2 Å². The quantitative estimate of drug-likeness (QED) is 0.0197. The molecule has 0 aromatic rings. The van der Waals surface area contributed by atoms with Gasteiger partial charge >= 0.3 is 17.9 Å². The van der Waals surface area contributed by atoms with Crippen molar-refractivity contribution in [3.05, 3.63) is 36.5 Å². The second-order valence-corrected chi connectivity index (χ2v) is 18.9. The maximum atomic E-state index is 12.9. The number of epoxide rings is 1. The minimum atomic E-state index is -0.830. The Balaban J connectivity index is 2.33. The Kier molecular flexibility index (Phi) is 43.9. The van der Waals surface area contributed by atoms with E-state index in [1.165, 1.54) is 154 Å².